The van der Waals surface area contributed by atoms with E-state index in [4.69, 9.17) is 17.3 Å². The maximum atomic E-state index is 5.86. The van der Waals surface area contributed by atoms with Crippen LogP contribution in [0.2, 0.25) is 5.15 Å². The van der Waals surface area contributed by atoms with Gasteiger partial charge in [-0.1, -0.05) is 24.6 Å². The van der Waals surface area contributed by atoms with Crippen molar-refractivity contribution in [1.82, 2.24) is 4.98 Å². The molecular formula is C9H13ClN2. The van der Waals surface area contributed by atoms with Gasteiger partial charge in [0.2, 0.25) is 0 Å². The van der Waals surface area contributed by atoms with Crippen LogP contribution in [0.5, 0.6) is 0 Å². The van der Waals surface area contributed by atoms with Gasteiger partial charge in [-0.05, 0) is 18.6 Å². The van der Waals surface area contributed by atoms with Crippen molar-refractivity contribution in [1.29, 1.82) is 0 Å². The first-order chi connectivity index (χ1) is 5.65. The molecule has 1 aromatic heterocycles. The molecule has 0 bridgehead atoms. The van der Waals surface area contributed by atoms with Gasteiger partial charge in [-0.3, -0.25) is 0 Å². The summed E-state index contributed by atoms with van der Waals surface area (Å²) in [6.07, 6.45) is 0. The molecule has 0 radical (unpaired) electrons. The van der Waals surface area contributed by atoms with E-state index in [2.05, 4.69) is 4.98 Å². The summed E-state index contributed by atoms with van der Waals surface area (Å²) in [6, 6.07) is 3.94. The van der Waals surface area contributed by atoms with Crippen LogP contribution in [-0.4, -0.2) is 11.5 Å². The number of aryl methyl sites for hydroxylation is 1. The highest BCUT2D eigenvalue weighted by atomic mass is 35.5. The van der Waals surface area contributed by atoms with Crippen molar-refractivity contribution in [3.8, 4) is 0 Å². The van der Waals surface area contributed by atoms with Crippen LogP contribution in [0.15, 0.2) is 12.1 Å². The Morgan fingerprint density at radius 2 is 2.25 bits per heavy atom. The maximum absolute atomic E-state index is 5.86. The van der Waals surface area contributed by atoms with Crippen molar-refractivity contribution < 1.29 is 0 Å². The maximum Gasteiger partial charge on any atom is 0.132 e. The molecule has 12 heavy (non-hydrogen) atoms. The summed E-state index contributed by atoms with van der Waals surface area (Å²) >= 11 is 5.86. The van der Waals surface area contributed by atoms with E-state index in [0.717, 1.165) is 11.3 Å². The summed E-state index contributed by atoms with van der Waals surface area (Å²) in [6.45, 7) is 4.58. The second-order valence-electron chi connectivity index (χ2n) is 2.98. The zero-order valence-electron chi connectivity index (χ0n) is 7.34. The smallest absolute Gasteiger partial charge is 0.132 e. The number of halogens is 1. The summed E-state index contributed by atoms with van der Waals surface area (Å²) < 4.78 is 0. The molecular weight excluding hydrogens is 172 g/mol. The molecule has 0 aromatic carbocycles. The topological polar surface area (TPSA) is 38.9 Å². The van der Waals surface area contributed by atoms with Crippen LogP contribution in [0.4, 0.5) is 0 Å². The molecule has 2 N–H and O–H groups in total. The molecule has 0 saturated carbocycles. The average Bonchev–Trinajstić information content (AvgIpc) is 2.08. The Kier molecular flexibility index (Phi) is 3.06. The minimum atomic E-state index is 0.281. The lowest BCUT2D eigenvalue weighted by molar-refractivity contribution is 0.744. The van der Waals surface area contributed by atoms with E-state index in [1.807, 2.05) is 26.0 Å². The molecule has 0 aliphatic rings. The van der Waals surface area contributed by atoms with E-state index >= 15 is 0 Å². The van der Waals surface area contributed by atoms with Gasteiger partial charge in [-0.25, -0.2) is 4.98 Å². The third kappa shape index (κ3) is 1.96. The second-order valence-corrected chi connectivity index (χ2v) is 3.34. The lowest BCUT2D eigenvalue weighted by atomic mass is 10.1. The molecule has 0 saturated heterocycles. The standard InChI is InChI=1S/C9H13ClN2/c1-6-3-4-8(7(2)5-11)12-9(6)10/h3-4,7H,5,11H2,1-2H3. The van der Waals surface area contributed by atoms with Crippen molar-refractivity contribution in [2.45, 2.75) is 19.8 Å². The van der Waals surface area contributed by atoms with Gasteiger partial charge in [0.15, 0.2) is 0 Å². The molecule has 1 atom stereocenters. The third-order valence-electron chi connectivity index (χ3n) is 1.92. The minimum Gasteiger partial charge on any atom is -0.330 e. The van der Waals surface area contributed by atoms with Crippen LogP contribution in [-0.2, 0) is 0 Å². The summed E-state index contributed by atoms with van der Waals surface area (Å²) in [5.41, 5.74) is 7.48. The lowest BCUT2D eigenvalue weighted by Crippen LogP contribution is -2.10. The third-order valence-corrected chi connectivity index (χ3v) is 2.30. The summed E-state index contributed by atoms with van der Waals surface area (Å²) in [5.74, 6) is 0.281. The molecule has 3 heteroatoms. The fourth-order valence-corrected chi connectivity index (χ4v) is 1.07. The zero-order valence-corrected chi connectivity index (χ0v) is 8.10. The van der Waals surface area contributed by atoms with E-state index in [0.29, 0.717) is 11.7 Å². The van der Waals surface area contributed by atoms with Crippen LogP contribution >= 0.6 is 11.6 Å². The van der Waals surface area contributed by atoms with Crippen LogP contribution in [0, 0.1) is 6.92 Å². The highest BCUT2D eigenvalue weighted by Crippen LogP contribution is 2.17. The fourth-order valence-electron chi connectivity index (χ4n) is 0.913. The molecule has 1 heterocycles. The van der Waals surface area contributed by atoms with Crippen LogP contribution in [0.25, 0.3) is 0 Å². The first-order valence-electron chi connectivity index (χ1n) is 3.98. The Morgan fingerprint density at radius 3 is 2.75 bits per heavy atom. The van der Waals surface area contributed by atoms with E-state index < -0.39 is 0 Å². The van der Waals surface area contributed by atoms with Crippen molar-refractivity contribution in [3.05, 3.63) is 28.5 Å². The van der Waals surface area contributed by atoms with Gasteiger partial charge >= 0.3 is 0 Å². The van der Waals surface area contributed by atoms with Crippen LogP contribution in [0.1, 0.15) is 24.1 Å². The van der Waals surface area contributed by atoms with E-state index in [9.17, 15) is 0 Å². The Labute approximate surface area is 77.8 Å². The number of pyridine rings is 1. The van der Waals surface area contributed by atoms with Gasteiger partial charge in [0.1, 0.15) is 5.15 Å². The lowest BCUT2D eigenvalue weighted by Gasteiger charge is -2.08. The minimum absolute atomic E-state index is 0.281. The first-order valence-corrected chi connectivity index (χ1v) is 4.36. The Balaban J connectivity index is 2.96. The van der Waals surface area contributed by atoms with E-state index in [-0.39, 0.29) is 5.92 Å². The van der Waals surface area contributed by atoms with E-state index in [1.165, 1.54) is 0 Å². The van der Waals surface area contributed by atoms with Crippen molar-refractivity contribution in [2.75, 3.05) is 6.54 Å². The average molecular weight is 185 g/mol. The van der Waals surface area contributed by atoms with Crippen molar-refractivity contribution in [2.24, 2.45) is 5.73 Å². The van der Waals surface area contributed by atoms with Gasteiger partial charge in [0.05, 0.1) is 0 Å². The molecule has 0 aliphatic carbocycles. The van der Waals surface area contributed by atoms with Gasteiger partial charge in [-0.2, -0.15) is 0 Å². The normalized spacial score (nSPS) is 13.0. The predicted molar refractivity (Wildman–Crippen MR) is 51.5 cm³/mol. The number of rotatable bonds is 2. The summed E-state index contributed by atoms with van der Waals surface area (Å²) in [4.78, 5) is 4.23. The highest BCUT2D eigenvalue weighted by molar-refractivity contribution is 6.30. The Hall–Kier alpha value is -0.600. The fraction of sp³-hybridized carbons (Fsp3) is 0.444. The molecule has 0 aliphatic heterocycles. The van der Waals surface area contributed by atoms with Crippen molar-refractivity contribution >= 4 is 11.6 Å². The monoisotopic (exact) mass is 184 g/mol. The largest absolute Gasteiger partial charge is 0.330 e. The molecule has 1 rings (SSSR count). The number of nitrogens with zero attached hydrogens (tertiary/aromatic N) is 1. The SMILES string of the molecule is Cc1ccc(C(C)CN)nc1Cl. The number of nitrogens with two attached hydrogens (primary N) is 1. The molecule has 2 nitrogen and oxygen atoms in total. The van der Waals surface area contributed by atoms with Gasteiger partial charge < -0.3 is 5.73 Å². The van der Waals surface area contributed by atoms with Gasteiger partial charge in [0.25, 0.3) is 0 Å². The highest BCUT2D eigenvalue weighted by Gasteiger charge is 2.05. The molecule has 66 valence electrons. The molecule has 1 aromatic rings. The van der Waals surface area contributed by atoms with Crippen LogP contribution in [0.3, 0.4) is 0 Å². The zero-order chi connectivity index (χ0) is 9.14. The van der Waals surface area contributed by atoms with Crippen molar-refractivity contribution in [3.63, 3.8) is 0 Å². The molecule has 0 spiro atoms. The predicted octanol–water partition coefficient (Wildman–Crippen LogP) is 2.11. The Bertz CT molecular complexity index is 273. The van der Waals surface area contributed by atoms with E-state index in [1.54, 1.807) is 0 Å². The molecule has 0 amide bonds. The van der Waals surface area contributed by atoms with Crippen LogP contribution < -0.4 is 5.73 Å². The Morgan fingerprint density at radius 1 is 1.58 bits per heavy atom. The number of hydrogen-bond acceptors (Lipinski definition) is 2. The number of hydrogen-bond donors (Lipinski definition) is 1. The summed E-state index contributed by atoms with van der Waals surface area (Å²) in [7, 11) is 0. The summed E-state index contributed by atoms with van der Waals surface area (Å²) in [5, 5.41) is 0.577. The van der Waals surface area contributed by atoms with Gasteiger partial charge in [0, 0.05) is 18.2 Å². The van der Waals surface area contributed by atoms with Gasteiger partial charge in [-0.15, -0.1) is 0 Å². The second kappa shape index (κ2) is 3.87. The number of aromatic nitrogens is 1. The molecule has 1 unspecified atom stereocenters. The first kappa shape index (κ1) is 9.49. The quantitative estimate of drug-likeness (QED) is 0.716. The molecule has 0 fully saturated rings.